The first kappa shape index (κ1) is 23.8. The molecule has 0 aromatic carbocycles. The summed E-state index contributed by atoms with van der Waals surface area (Å²) >= 11 is 1.78. The molecule has 0 spiro atoms. The average molecular weight is 513 g/mol. The minimum absolute atomic E-state index is 0. The zero-order valence-corrected chi connectivity index (χ0v) is 20.2. The molecule has 2 N–H and O–H groups in total. The largest absolute Gasteiger partial charge is 0.354 e. The minimum Gasteiger partial charge on any atom is -0.354 e. The van der Waals surface area contributed by atoms with Crippen molar-refractivity contribution in [3.8, 4) is 0 Å². The third kappa shape index (κ3) is 7.09. The van der Waals surface area contributed by atoms with Gasteiger partial charge in [-0.2, -0.15) is 0 Å². The van der Waals surface area contributed by atoms with Crippen LogP contribution in [0.1, 0.15) is 43.5 Å². The third-order valence-electron chi connectivity index (χ3n) is 4.80. The number of rotatable bonds is 7. The first-order valence-corrected chi connectivity index (χ1v) is 11.4. The van der Waals surface area contributed by atoms with E-state index in [2.05, 4.69) is 52.1 Å². The molecule has 8 heteroatoms. The minimum atomic E-state index is -0.694. The van der Waals surface area contributed by atoms with E-state index < -0.39 is 10.8 Å². The Morgan fingerprint density at radius 3 is 2.81 bits per heavy atom. The quantitative estimate of drug-likeness (QED) is 0.335. The molecule has 0 amide bonds. The van der Waals surface area contributed by atoms with Crippen molar-refractivity contribution in [1.29, 1.82) is 0 Å². The molecule has 4 unspecified atom stereocenters. The molecule has 1 aliphatic carbocycles. The molecule has 1 fully saturated rings. The van der Waals surface area contributed by atoms with Crippen LogP contribution in [-0.4, -0.2) is 59.8 Å². The van der Waals surface area contributed by atoms with Gasteiger partial charge in [0.2, 0.25) is 0 Å². The van der Waals surface area contributed by atoms with Gasteiger partial charge in [0.1, 0.15) is 0 Å². The van der Waals surface area contributed by atoms with Crippen LogP contribution in [0.5, 0.6) is 0 Å². The van der Waals surface area contributed by atoms with Gasteiger partial charge >= 0.3 is 0 Å². The van der Waals surface area contributed by atoms with Crippen LogP contribution in [0.4, 0.5) is 0 Å². The van der Waals surface area contributed by atoms with E-state index in [0.717, 1.165) is 43.9 Å². The number of guanidine groups is 1. The summed E-state index contributed by atoms with van der Waals surface area (Å²) in [5.41, 5.74) is 0. The number of nitrogens with one attached hydrogen (secondary N) is 2. The lowest BCUT2D eigenvalue weighted by atomic mass is 9.95. The van der Waals surface area contributed by atoms with Gasteiger partial charge in [0.25, 0.3) is 0 Å². The summed E-state index contributed by atoms with van der Waals surface area (Å²) in [5, 5.41) is 9.46. The lowest BCUT2D eigenvalue weighted by molar-refractivity contribution is 0.301. The third-order valence-corrected chi connectivity index (χ3v) is 7.52. The second-order valence-corrected chi connectivity index (χ2v) is 9.73. The summed E-state index contributed by atoms with van der Waals surface area (Å²) in [7, 11) is 5.33. The fraction of sp³-hybridized carbons (Fsp3) is 0.722. The molecule has 0 aliphatic heterocycles. The summed E-state index contributed by atoms with van der Waals surface area (Å²) in [4.78, 5) is 7.97. The fourth-order valence-electron chi connectivity index (χ4n) is 3.35. The molecular weight excluding hydrogens is 479 g/mol. The number of hydrogen-bond donors (Lipinski definition) is 2. The molecule has 1 aliphatic rings. The van der Waals surface area contributed by atoms with Gasteiger partial charge in [-0.05, 0) is 44.8 Å². The SMILES string of the molecule is CCS(=O)C1CCCC(NC(=NC)NCC(c2cccs2)N(C)C)C1.I. The van der Waals surface area contributed by atoms with Gasteiger partial charge in [0.05, 0.1) is 6.04 Å². The standard InChI is InChI=1S/C18H32N4OS2.HI/c1-5-25(23)15-9-6-8-14(12-15)21-18(19-2)20-13-16(22(3)4)17-10-7-11-24-17;/h7,10-11,14-16H,5-6,8-9,12-13H2,1-4H3,(H2,19,20,21);1H. The molecule has 1 heterocycles. The van der Waals surface area contributed by atoms with Gasteiger partial charge in [-0.15, -0.1) is 35.3 Å². The van der Waals surface area contributed by atoms with E-state index in [0.29, 0.717) is 17.3 Å². The second kappa shape index (κ2) is 12.3. The van der Waals surface area contributed by atoms with Crippen molar-refractivity contribution in [3.05, 3.63) is 22.4 Å². The Morgan fingerprint density at radius 1 is 1.46 bits per heavy atom. The lowest BCUT2D eigenvalue weighted by Crippen LogP contribution is -2.48. The Morgan fingerprint density at radius 2 is 2.23 bits per heavy atom. The Kier molecular flexibility index (Phi) is 11.3. The van der Waals surface area contributed by atoms with E-state index in [1.807, 2.05) is 14.0 Å². The van der Waals surface area contributed by atoms with E-state index in [9.17, 15) is 4.21 Å². The van der Waals surface area contributed by atoms with Crippen molar-refractivity contribution >= 4 is 52.1 Å². The second-order valence-electron chi connectivity index (χ2n) is 6.75. The molecule has 4 atom stereocenters. The first-order chi connectivity index (χ1) is 12.0. The number of aliphatic imine (C=N–C) groups is 1. The van der Waals surface area contributed by atoms with E-state index >= 15 is 0 Å². The summed E-state index contributed by atoms with van der Waals surface area (Å²) in [6.07, 6.45) is 4.33. The Bertz CT molecular complexity index is 566. The van der Waals surface area contributed by atoms with Crippen molar-refractivity contribution in [2.24, 2.45) is 4.99 Å². The first-order valence-electron chi connectivity index (χ1n) is 9.09. The van der Waals surface area contributed by atoms with Crippen LogP contribution in [-0.2, 0) is 10.8 Å². The Hall–Kier alpha value is -0.190. The highest BCUT2D eigenvalue weighted by molar-refractivity contribution is 14.0. The van der Waals surface area contributed by atoms with Crippen LogP contribution < -0.4 is 10.6 Å². The highest BCUT2D eigenvalue weighted by Gasteiger charge is 2.26. The van der Waals surface area contributed by atoms with Crippen LogP contribution in [0.2, 0.25) is 0 Å². The molecular formula is C18H33IN4OS2. The van der Waals surface area contributed by atoms with Gasteiger partial charge in [0, 0.05) is 46.3 Å². The normalized spacial score (nSPS) is 23.2. The molecule has 0 saturated heterocycles. The van der Waals surface area contributed by atoms with Crippen LogP contribution in [0.15, 0.2) is 22.5 Å². The van der Waals surface area contributed by atoms with Gasteiger partial charge in [-0.3, -0.25) is 9.20 Å². The smallest absolute Gasteiger partial charge is 0.191 e. The molecule has 5 nitrogen and oxygen atoms in total. The maximum absolute atomic E-state index is 12.1. The summed E-state index contributed by atoms with van der Waals surface area (Å²) in [5.74, 6) is 1.60. The lowest BCUT2D eigenvalue weighted by Gasteiger charge is -2.31. The zero-order chi connectivity index (χ0) is 18.2. The van der Waals surface area contributed by atoms with Crippen LogP contribution in [0, 0.1) is 0 Å². The Labute approximate surface area is 181 Å². The van der Waals surface area contributed by atoms with E-state index in [1.165, 1.54) is 4.88 Å². The highest BCUT2D eigenvalue weighted by atomic mass is 127. The van der Waals surface area contributed by atoms with E-state index in [-0.39, 0.29) is 24.0 Å². The van der Waals surface area contributed by atoms with Crippen molar-refractivity contribution in [2.45, 2.75) is 49.9 Å². The van der Waals surface area contributed by atoms with Gasteiger partial charge in [0.15, 0.2) is 5.96 Å². The summed E-state index contributed by atoms with van der Waals surface area (Å²) in [6.45, 7) is 2.82. The maximum Gasteiger partial charge on any atom is 0.191 e. The van der Waals surface area contributed by atoms with Crippen molar-refractivity contribution in [3.63, 3.8) is 0 Å². The van der Waals surface area contributed by atoms with Crippen molar-refractivity contribution in [1.82, 2.24) is 15.5 Å². The number of hydrogen-bond acceptors (Lipinski definition) is 4. The molecule has 26 heavy (non-hydrogen) atoms. The summed E-state index contributed by atoms with van der Waals surface area (Å²) < 4.78 is 12.1. The topological polar surface area (TPSA) is 56.7 Å². The number of likely N-dealkylation sites (N-methyl/N-ethyl adjacent to an activating group) is 1. The monoisotopic (exact) mass is 512 g/mol. The Balaban J connectivity index is 0.00000338. The predicted molar refractivity (Wildman–Crippen MR) is 125 cm³/mol. The molecule has 2 rings (SSSR count). The number of thiophene rings is 1. The van der Waals surface area contributed by atoms with E-state index in [1.54, 1.807) is 11.3 Å². The fourth-order valence-corrected chi connectivity index (χ4v) is 5.62. The van der Waals surface area contributed by atoms with E-state index in [4.69, 9.17) is 0 Å². The summed E-state index contributed by atoms with van der Waals surface area (Å²) in [6, 6.07) is 4.96. The zero-order valence-electron chi connectivity index (χ0n) is 16.2. The highest BCUT2D eigenvalue weighted by Crippen LogP contribution is 2.24. The van der Waals surface area contributed by atoms with Gasteiger partial charge < -0.3 is 15.5 Å². The molecule has 1 saturated carbocycles. The maximum atomic E-state index is 12.1. The van der Waals surface area contributed by atoms with Crippen molar-refractivity contribution in [2.75, 3.05) is 33.4 Å². The van der Waals surface area contributed by atoms with Gasteiger partial charge in [-0.1, -0.05) is 19.4 Å². The molecule has 0 radical (unpaired) electrons. The van der Waals surface area contributed by atoms with Crippen molar-refractivity contribution < 1.29 is 4.21 Å². The molecule has 0 bridgehead atoms. The van der Waals surface area contributed by atoms with Crippen LogP contribution >= 0.6 is 35.3 Å². The average Bonchev–Trinajstić information content (AvgIpc) is 3.14. The number of halogens is 1. The van der Waals surface area contributed by atoms with Crippen LogP contribution in [0.3, 0.4) is 0 Å². The van der Waals surface area contributed by atoms with Crippen LogP contribution in [0.25, 0.3) is 0 Å². The predicted octanol–water partition coefficient (Wildman–Crippen LogP) is 3.21. The number of nitrogens with zero attached hydrogens (tertiary/aromatic N) is 2. The molecule has 1 aromatic rings. The molecule has 150 valence electrons. The van der Waals surface area contributed by atoms with Gasteiger partial charge in [-0.25, -0.2) is 0 Å². The molecule has 1 aromatic heterocycles.